The van der Waals surface area contributed by atoms with Crippen LogP contribution in [0.2, 0.25) is 0 Å². The first-order valence-electron chi connectivity index (χ1n) is 5.89. The Balaban J connectivity index is 2.04. The predicted molar refractivity (Wildman–Crippen MR) is 65.4 cm³/mol. The van der Waals surface area contributed by atoms with E-state index in [9.17, 15) is 4.79 Å². The van der Waals surface area contributed by atoms with E-state index in [0.717, 1.165) is 37.1 Å². The Morgan fingerprint density at radius 3 is 3.12 bits per heavy atom. The molecular weight excluding hydrogens is 214 g/mol. The molecule has 0 bridgehead atoms. The van der Waals surface area contributed by atoms with Crippen molar-refractivity contribution in [3.63, 3.8) is 0 Å². The van der Waals surface area contributed by atoms with Gasteiger partial charge < -0.3 is 9.30 Å². The Bertz CT molecular complexity index is 561. The number of hydrogen-bond acceptors (Lipinski definition) is 3. The van der Waals surface area contributed by atoms with E-state index in [1.807, 2.05) is 22.9 Å². The molecule has 4 heteroatoms. The second-order valence-electron chi connectivity index (χ2n) is 4.73. The number of imidazole rings is 1. The van der Waals surface area contributed by atoms with Crippen LogP contribution in [0.15, 0.2) is 24.5 Å². The van der Waals surface area contributed by atoms with Crippen molar-refractivity contribution in [1.82, 2.24) is 14.3 Å². The molecule has 0 spiro atoms. The van der Waals surface area contributed by atoms with Gasteiger partial charge in [-0.1, -0.05) is 0 Å². The Hall–Kier alpha value is -1.68. The molecule has 88 valence electrons. The summed E-state index contributed by atoms with van der Waals surface area (Å²) in [5, 5.41) is 0. The Labute approximate surface area is 99.9 Å². The fraction of sp³-hybridized carbons (Fsp3) is 0.385. The number of fused-ring (bicyclic) bond motifs is 1. The summed E-state index contributed by atoms with van der Waals surface area (Å²) in [6.07, 6.45) is 6.01. The number of carbonyl (C=O) groups excluding carboxylic acids is 1. The average molecular weight is 229 g/mol. The van der Waals surface area contributed by atoms with E-state index in [-0.39, 0.29) is 0 Å². The fourth-order valence-electron chi connectivity index (χ4n) is 2.52. The first-order chi connectivity index (χ1) is 8.28. The maximum absolute atomic E-state index is 10.9. The highest BCUT2D eigenvalue weighted by molar-refractivity contribution is 5.84. The monoisotopic (exact) mass is 229 g/mol. The van der Waals surface area contributed by atoms with Crippen LogP contribution in [0.1, 0.15) is 28.4 Å². The molecule has 0 N–H and O–H groups in total. The van der Waals surface area contributed by atoms with Crippen LogP contribution in [0.25, 0.3) is 5.65 Å². The smallest absolute Gasteiger partial charge is 0.153 e. The van der Waals surface area contributed by atoms with E-state index < -0.39 is 0 Å². The first kappa shape index (κ1) is 10.5. The number of hydrogen-bond donors (Lipinski definition) is 0. The van der Waals surface area contributed by atoms with Crippen LogP contribution in [0.3, 0.4) is 0 Å². The summed E-state index contributed by atoms with van der Waals surface area (Å²) >= 11 is 0. The van der Waals surface area contributed by atoms with Crippen LogP contribution < -0.4 is 0 Å². The molecule has 2 aromatic rings. The van der Waals surface area contributed by atoms with Gasteiger partial charge in [0.1, 0.15) is 5.65 Å². The molecule has 17 heavy (non-hydrogen) atoms. The van der Waals surface area contributed by atoms with E-state index in [4.69, 9.17) is 0 Å². The Morgan fingerprint density at radius 2 is 2.41 bits per heavy atom. The number of rotatable bonds is 2. The standard InChI is InChI=1S/C13H15N3O/c1-15-6-4-10(7-15)12-8-16-5-2-3-11(9-17)13(16)14-12/h2-3,5,8-10H,4,6-7H2,1H3. The van der Waals surface area contributed by atoms with Crippen LogP contribution >= 0.6 is 0 Å². The van der Waals surface area contributed by atoms with Crippen LogP contribution in [-0.2, 0) is 0 Å². The highest BCUT2D eigenvalue weighted by Crippen LogP contribution is 2.26. The summed E-state index contributed by atoms with van der Waals surface area (Å²) < 4.78 is 1.94. The van der Waals surface area contributed by atoms with Crippen molar-refractivity contribution in [3.05, 3.63) is 35.8 Å². The number of likely N-dealkylation sites (tertiary alicyclic amines) is 1. The molecule has 0 aromatic carbocycles. The summed E-state index contributed by atoms with van der Waals surface area (Å²) in [6.45, 7) is 2.18. The molecule has 1 atom stereocenters. The molecule has 1 aliphatic heterocycles. The Kier molecular flexibility index (Phi) is 2.44. The maximum Gasteiger partial charge on any atom is 0.153 e. The molecule has 3 rings (SSSR count). The van der Waals surface area contributed by atoms with E-state index >= 15 is 0 Å². The van der Waals surface area contributed by atoms with Gasteiger partial charge in [-0.05, 0) is 32.1 Å². The molecule has 1 aliphatic rings. The van der Waals surface area contributed by atoms with Gasteiger partial charge >= 0.3 is 0 Å². The van der Waals surface area contributed by atoms with Crippen LogP contribution in [-0.4, -0.2) is 40.7 Å². The quantitative estimate of drug-likeness (QED) is 0.733. The van der Waals surface area contributed by atoms with Crippen molar-refractivity contribution in [2.75, 3.05) is 20.1 Å². The van der Waals surface area contributed by atoms with Gasteiger partial charge in [-0.3, -0.25) is 4.79 Å². The summed E-state index contributed by atoms with van der Waals surface area (Å²) in [6, 6.07) is 3.68. The number of likely N-dealkylation sites (N-methyl/N-ethyl adjacent to an activating group) is 1. The number of aromatic nitrogens is 2. The van der Waals surface area contributed by atoms with Gasteiger partial charge in [-0.2, -0.15) is 0 Å². The van der Waals surface area contributed by atoms with Crippen molar-refractivity contribution in [2.24, 2.45) is 0 Å². The fourth-order valence-corrected chi connectivity index (χ4v) is 2.52. The zero-order valence-corrected chi connectivity index (χ0v) is 9.84. The minimum absolute atomic E-state index is 0.499. The number of pyridine rings is 1. The third-order valence-electron chi connectivity index (χ3n) is 3.47. The minimum atomic E-state index is 0.499. The molecule has 1 unspecified atom stereocenters. The van der Waals surface area contributed by atoms with Gasteiger partial charge in [-0.25, -0.2) is 4.98 Å². The first-order valence-corrected chi connectivity index (χ1v) is 5.89. The number of aldehydes is 1. The lowest BCUT2D eigenvalue weighted by molar-refractivity contribution is 0.112. The highest BCUT2D eigenvalue weighted by Gasteiger charge is 2.23. The van der Waals surface area contributed by atoms with Crippen molar-refractivity contribution < 1.29 is 4.79 Å². The van der Waals surface area contributed by atoms with Crippen molar-refractivity contribution in [1.29, 1.82) is 0 Å². The molecular formula is C13H15N3O. The van der Waals surface area contributed by atoms with Crippen molar-refractivity contribution in [2.45, 2.75) is 12.3 Å². The van der Waals surface area contributed by atoms with Crippen LogP contribution in [0.4, 0.5) is 0 Å². The van der Waals surface area contributed by atoms with Gasteiger partial charge in [0.2, 0.25) is 0 Å². The van der Waals surface area contributed by atoms with E-state index in [1.54, 1.807) is 6.07 Å². The summed E-state index contributed by atoms with van der Waals surface area (Å²) in [5.41, 5.74) is 2.53. The lowest BCUT2D eigenvalue weighted by atomic mass is 10.1. The van der Waals surface area contributed by atoms with E-state index in [1.165, 1.54) is 0 Å². The topological polar surface area (TPSA) is 37.6 Å². The molecule has 0 saturated carbocycles. The van der Waals surface area contributed by atoms with Crippen LogP contribution in [0, 0.1) is 0 Å². The molecule has 1 fully saturated rings. The van der Waals surface area contributed by atoms with E-state index in [2.05, 4.69) is 16.9 Å². The molecule has 3 heterocycles. The van der Waals surface area contributed by atoms with Gasteiger partial charge in [0.15, 0.2) is 6.29 Å². The molecule has 4 nitrogen and oxygen atoms in total. The summed E-state index contributed by atoms with van der Waals surface area (Å²) in [5.74, 6) is 0.499. The van der Waals surface area contributed by atoms with Gasteiger partial charge in [0.05, 0.1) is 11.3 Å². The lowest BCUT2D eigenvalue weighted by Gasteiger charge is -2.06. The second kappa shape index (κ2) is 3.96. The Morgan fingerprint density at radius 1 is 1.53 bits per heavy atom. The number of nitrogens with zero attached hydrogens (tertiary/aromatic N) is 3. The third-order valence-corrected chi connectivity index (χ3v) is 3.47. The predicted octanol–water partition coefficient (Wildman–Crippen LogP) is 1.57. The normalized spacial score (nSPS) is 21.1. The molecule has 1 saturated heterocycles. The third kappa shape index (κ3) is 1.74. The zero-order valence-electron chi connectivity index (χ0n) is 9.84. The molecule has 0 amide bonds. The summed E-state index contributed by atoms with van der Waals surface area (Å²) in [4.78, 5) is 17.9. The maximum atomic E-state index is 10.9. The average Bonchev–Trinajstić information content (AvgIpc) is 2.93. The zero-order chi connectivity index (χ0) is 11.8. The minimum Gasteiger partial charge on any atom is -0.306 e. The molecule has 0 radical (unpaired) electrons. The highest BCUT2D eigenvalue weighted by atomic mass is 16.1. The number of carbonyl (C=O) groups is 1. The van der Waals surface area contributed by atoms with E-state index in [0.29, 0.717) is 11.5 Å². The largest absolute Gasteiger partial charge is 0.306 e. The SMILES string of the molecule is CN1CCC(c2cn3cccc(C=O)c3n2)C1. The summed E-state index contributed by atoms with van der Waals surface area (Å²) in [7, 11) is 2.13. The lowest BCUT2D eigenvalue weighted by Crippen LogP contribution is -2.13. The molecule has 0 aliphatic carbocycles. The second-order valence-corrected chi connectivity index (χ2v) is 4.73. The van der Waals surface area contributed by atoms with Gasteiger partial charge in [0, 0.05) is 24.9 Å². The van der Waals surface area contributed by atoms with Crippen LogP contribution in [0.5, 0.6) is 0 Å². The van der Waals surface area contributed by atoms with Crippen molar-refractivity contribution >= 4 is 11.9 Å². The van der Waals surface area contributed by atoms with Crippen molar-refractivity contribution in [3.8, 4) is 0 Å². The van der Waals surface area contributed by atoms with Gasteiger partial charge in [0.25, 0.3) is 0 Å². The molecule has 2 aromatic heterocycles. The van der Waals surface area contributed by atoms with Gasteiger partial charge in [-0.15, -0.1) is 0 Å².